The Morgan fingerprint density at radius 3 is 2.88 bits per heavy atom. The topological polar surface area (TPSA) is 44.1 Å². The molecule has 0 radical (unpaired) electrons. The largest absolute Gasteiger partial charge is 0.379 e. The third-order valence-electron chi connectivity index (χ3n) is 4.39. The van der Waals surface area contributed by atoms with Gasteiger partial charge >= 0.3 is 5.69 Å². The van der Waals surface area contributed by atoms with Crippen molar-refractivity contribution >= 4 is 34.3 Å². The van der Waals surface area contributed by atoms with Crippen molar-refractivity contribution in [2.24, 2.45) is 0 Å². The summed E-state index contributed by atoms with van der Waals surface area (Å²) in [7, 11) is 1.58. The second-order valence-electron chi connectivity index (χ2n) is 5.94. The van der Waals surface area contributed by atoms with Gasteiger partial charge in [0.2, 0.25) is 0 Å². The highest BCUT2D eigenvalue weighted by molar-refractivity contribution is 7.99. The number of methoxy groups -OCH3 is 1. The number of rotatable bonds is 2. The summed E-state index contributed by atoms with van der Waals surface area (Å²) < 4.78 is 34.8. The van der Waals surface area contributed by atoms with Gasteiger partial charge in [-0.05, 0) is 18.2 Å². The highest BCUT2D eigenvalue weighted by atomic mass is 35.5. The van der Waals surface area contributed by atoms with E-state index in [1.807, 2.05) is 0 Å². The first-order valence-corrected chi connectivity index (χ1v) is 9.19. The molecule has 1 unspecified atom stereocenters. The van der Waals surface area contributed by atoms with Crippen LogP contribution < -0.4 is 5.69 Å². The van der Waals surface area contributed by atoms with Crippen LogP contribution in [0.1, 0.15) is 0 Å². The first-order valence-electron chi connectivity index (χ1n) is 7.82. The molecule has 26 heavy (non-hydrogen) atoms. The van der Waals surface area contributed by atoms with Gasteiger partial charge in [-0.15, -0.1) is 11.8 Å². The number of benzene rings is 2. The molecule has 1 aliphatic rings. The zero-order valence-corrected chi connectivity index (χ0v) is 15.2. The van der Waals surface area contributed by atoms with Crippen LogP contribution in [0.25, 0.3) is 22.0 Å². The van der Waals surface area contributed by atoms with Crippen molar-refractivity contribution in [2.45, 2.75) is 17.5 Å². The minimum atomic E-state index is -0.710. The van der Waals surface area contributed by atoms with Crippen LogP contribution in [0.15, 0.2) is 40.2 Å². The molecule has 1 atom stereocenters. The number of thioether (sulfide) groups is 1. The molecular formula is C18H13ClF2N2O2S. The summed E-state index contributed by atoms with van der Waals surface area (Å²) in [6.45, 7) is 0.340. The summed E-state index contributed by atoms with van der Waals surface area (Å²) in [6.07, 6.45) is 1.25. The number of aromatic nitrogens is 2. The number of nitrogens with zero attached hydrogens (tertiary/aromatic N) is 2. The van der Waals surface area contributed by atoms with E-state index in [2.05, 4.69) is 4.98 Å². The highest BCUT2D eigenvalue weighted by Crippen LogP contribution is 2.44. The third kappa shape index (κ3) is 2.80. The van der Waals surface area contributed by atoms with Gasteiger partial charge in [0.25, 0.3) is 0 Å². The summed E-state index contributed by atoms with van der Waals surface area (Å²) in [5, 5.41) is 0.994. The highest BCUT2D eigenvalue weighted by Gasteiger charge is 2.25. The first kappa shape index (κ1) is 17.5. The van der Waals surface area contributed by atoms with Crippen LogP contribution in [0, 0.1) is 11.6 Å². The Morgan fingerprint density at radius 2 is 2.15 bits per heavy atom. The van der Waals surface area contributed by atoms with Gasteiger partial charge in [-0.3, -0.25) is 4.57 Å². The molecular weight excluding hydrogens is 382 g/mol. The van der Waals surface area contributed by atoms with Crippen molar-refractivity contribution in [3.63, 3.8) is 0 Å². The molecule has 0 fully saturated rings. The third-order valence-corrected chi connectivity index (χ3v) is 5.91. The summed E-state index contributed by atoms with van der Waals surface area (Å²) in [5.41, 5.74) is 0.860. The minimum Gasteiger partial charge on any atom is -0.379 e. The van der Waals surface area contributed by atoms with E-state index in [4.69, 9.17) is 16.3 Å². The lowest BCUT2D eigenvalue weighted by molar-refractivity contribution is 0.107. The number of hydrogen-bond donors (Lipinski definition) is 0. The lowest BCUT2D eigenvalue weighted by Crippen LogP contribution is -2.29. The molecule has 3 aromatic rings. The molecule has 0 spiro atoms. The molecule has 1 aromatic heterocycles. The van der Waals surface area contributed by atoms with Crippen LogP contribution in [0.4, 0.5) is 8.78 Å². The lowest BCUT2D eigenvalue weighted by Gasteiger charge is -2.16. The van der Waals surface area contributed by atoms with Crippen molar-refractivity contribution < 1.29 is 13.5 Å². The van der Waals surface area contributed by atoms with Gasteiger partial charge in [0.05, 0.1) is 23.2 Å². The fraction of sp³-hybridized carbons (Fsp3) is 0.222. The van der Waals surface area contributed by atoms with Gasteiger partial charge in [0, 0.05) is 46.5 Å². The van der Waals surface area contributed by atoms with Crippen molar-refractivity contribution in [3.8, 4) is 11.1 Å². The van der Waals surface area contributed by atoms with Crippen molar-refractivity contribution in [3.05, 3.63) is 57.6 Å². The van der Waals surface area contributed by atoms with Crippen LogP contribution in [0.3, 0.4) is 0 Å². The molecule has 2 aromatic carbocycles. The molecule has 0 saturated carbocycles. The minimum absolute atomic E-state index is 0.187. The maximum absolute atomic E-state index is 14.5. The second kappa shape index (κ2) is 6.64. The van der Waals surface area contributed by atoms with Gasteiger partial charge in [-0.1, -0.05) is 11.6 Å². The van der Waals surface area contributed by atoms with Crippen LogP contribution in [0.5, 0.6) is 0 Å². The fourth-order valence-corrected chi connectivity index (χ4v) is 4.82. The Hall–Kier alpha value is -1.96. The van der Waals surface area contributed by atoms with Crippen LogP contribution >= 0.6 is 23.4 Å². The summed E-state index contributed by atoms with van der Waals surface area (Å²) in [4.78, 5) is 16.9. The monoisotopic (exact) mass is 394 g/mol. The molecule has 134 valence electrons. The molecule has 0 N–H and O–H groups in total. The number of ether oxygens (including phenoxy) is 1. The number of hydrogen-bond acceptors (Lipinski definition) is 4. The maximum Gasteiger partial charge on any atom is 0.348 e. The van der Waals surface area contributed by atoms with E-state index in [1.165, 1.54) is 34.7 Å². The van der Waals surface area contributed by atoms with Gasteiger partial charge in [0.15, 0.2) is 0 Å². The molecule has 4 nitrogen and oxygen atoms in total. The quantitative estimate of drug-likeness (QED) is 0.656. The van der Waals surface area contributed by atoms with Crippen LogP contribution in [0.2, 0.25) is 5.02 Å². The normalized spacial score (nSPS) is 16.7. The Labute approximate surface area is 156 Å². The average molecular weight is 395 g/mol. The van der Waals surface area contributed by atoms with Crippen molar-refractivity contribution in [2.75, 3.05) is 12.9 Å². The van der Waals surface area contributed by atoms with Gasteiger partial charge in [0.1, 0.15) is 11.6 Å². The molecule has 0 bridgehead atoms. The van der Waals surface area contributed by atoms with Crippen molar-refractivity contribution in [1.29, 1.82) is 0 Å². The number of halogens is 3. The fourth-order valence-electron chi connectivity index (χ4n) is 3.13. The molecule has 4 rings (SSSR count). The molecule has 2 heterocycles. The van der Waals surface area contributed by atoms with Crippen LogP contribution in [-0.2, 0) is 11.3 Å². The zero-order chi connectivity index (χ0) is 18.4. The molecule has 8 heteroatoms. The van der Waals surface area contributed by atoms with E-state index >= 15 is 0 Å². The van der Waals surface area contributed by atoms with Crippen LogP contribution in [-0.4, -0.2) is 28.5 Å². The Balaban J connectivity index is 2.09. The van der Waals surface area contributed by atoms with E-state index in [0.29, 0.717) is 38.7 Å². The SMILES string of the molecule is COC1CSc2c(-c3ccc(F)cc3F)c(Cl)cc3cnc(=O)n(c23)C1. The second-order valence-corrected chi connectivity index (χ2v) is 7.38. The molecule has 0 saturated heterocycles. The summed E-state index contributed by atoms with van der Waals surface area (Å²) in [6, 6.07) is 5.01. The Morgan fingerprint density at radius 1 is 1.35 bits per heavy atom. The Bertz CT molecular complexity index is 1090. The predicted molar refractivity (Wildman–Crippen MR) is 97.9 cm³/mol. The summed E-state index contributed by atoms with van der Waals surface area (Å²) in [5.74, 6) is -0.816. The molecule has 1 aliphatic heterocycles. The lowest BCUT2D eigenvalue weighted by atomic mass is 10.0. The van der Waals surface area contributed by atoms with E-state index in [9.17, 15) is 13.6 Å². The summed E-state index contributed by atoms with van der Waals surface area (Å²) >= 11 is 7.89. The predicted octanol–water partition coefficient (Wildman–Crippen LogP) is 4.12. The average Bonchev–Trinajstić information content (AvgIpc) is 2.80. The van der Waals surface area contributed by atoms with Gasteiger partial charge in [-0.25, -0.2) is 18.6 Å². The van der Waals surface area contributed by atoms with E-state index < -0.39 is 17.3 Å². The van der Waals surface area contributed by atoms with Crippen molar-refractivity contribution in [1.82, 2.24) is 9.55 Å². The molecule has 0 aliphatic carbocycles. The van der Waals surface area contributed by atoms with Gasteiger partial charge in [-0.2, -0.15) is 0 Å². The maximum atomic E-state index is 14.5. The first-order chi connectivity index (χ1) is 12.5. The Kier molecular flexibility index (Phi) is 4.46. The smallest absolute Gasteiger partial charge is 0.348 e. The van der Waals surface area contributed by atoms with Gasteiger partial charge < -0.3 is 4.74 Å². The molecule has 0 amide bonds. The van der Waals surface area contributed by atoms with E-state index in [-0.39, 0.29) is 11.7 Å². The standard InChI is InChI=1S/C18H13ClF2N2O2S/c1-25-11-7-23-16-9(6-22-18(23)24)4-13(19)15(17(16)26-8-11)12-3-2-10(20)5-14(12)21/h2-6,11H,7-8H2,1H3. The van der Waals surface area contributed by atoms with E-state index in [0.717, 1.165) is 6.07 Å². The van der Waals surface area contributed by atoms with E-state index in [1.54, 1.807) is 13.2 Å². The zero-order valence-electron chi connectivity index (χ0n) is 13.6.